The van der Waals surface area contributed by atoms with Crippen LogP contribution < -0.4 is 5.32 Å². The van der Waals surface area contributed by atoms with Gasteiger partial charge < -0.3 is 10.4 Å². The highest BCUT2D eigenvalue weighted by molar-refractivity contribution is 6.33. The van der Waals surface area contributed by atoms with Gasteiger partial charge >= 0.3 is 5.97 Å². The minimum atomic E-state index is -1.06. The highest BCUT2D eigenvalue weighted by Gasteiger charge is 2.06. The van der Waals surface area contributed by atoms with Gasteiger partial charge in [0.15, 0.2) is 0 Å². The number of hydrogen-bond donors (Lipinski definition) is 2. The van der Waals surface area contributed by atoms with Crippen LogP contribution in [-0.4, -0.2) is 16.1 Å². The molecule has 0 aliphatic rings. The van der Waals surface area contributed by atoms with E-state index in [1.807, 2.05) is 0 Å². The minimum Gasteiger partial charge on any atom is -0.478 e. The third-order valence-electron chi connectivity index (χ3n) is 2.20. The van der Waals surface area contributed by atoms with Crippen LogP contribution in [0, 0.1) is 5.82 Å². The summed E-state index contributed by atoms with van der Waals surface area (Å²) in [5.41, 5.74) is 0.409. The van der Waals surface area contributed by atoms with Crippen molar-refractivity contribution in [3.63, 3.8) is 0 Å². The number of nitrogens with one attached hydrogen (secondary N) is 1. The molecular formula is C12H8ClFN2O2. The van der Waals surface area contributed by atoms with Crippen LogP contribution in [0.4, 0.5) is 15.9 Å². The number of halogens is 2. The molecule has 92 valence electrons. The summed E-state index contributed by atoms with van der Waals surface area (Å²) in [4.78, 5) is 14.7. The van der Waals surface area contributed by atoms with Crippen LogP contribution in [0.5, 0.6) is 0 Å². The van der Waals surface area contributed by atoms with Gasteiger partial charge in [-0.2, -0.15) is 0 Å². The van der Waals surface area contributed by atoms with Crippen LogP contribution in [0.3, 0.4) is 0 Å². The number of carboxylic acids is 1. The molecule has 4 nitrogen and oxygen atoms in total. The largest absolute Gasteiger partial charge is 0.478 e. The predicted octanol–water partition coefficient (Wildman–Crippen LogP) is 3.32. The van der Waals surface area contributed by atoms with Crippen LogP contribution in [0.1, 0.15) is 10.4 Å². The lowest BCUT2D eigenvalue weighted by Gasteiger charge is -2.08. The van der Waals surface area contributed by atoms with Gasteiger partial charge in [0, 0.05) is 6.20 Å². The number of carbonyl (C=O) groups is 1. The summed E-state index contributed by atoms with van der Waals surface area (Å²) in [5, 5.41) is 11.9. The first-order valence-electron chi connectivity index (χ1n) is 4.97. The van der Waals surface area contributed by atoms with Crippen LogP contribution >= 0.6 is 11.6 Å². The molecule has 0 radical (unpaired) electrons. The van der Waals surface area contributed by atoms with Crippen molar-refractivity contribution in [1.29, 1.82) is 0 Å². The molecule has 0 saturated carbocycles. The van der Waals surface area contributed by atoms with Crippen LogP contribution in [-0.2, 0) is 0 Å². The zero-order valence-corrected chi connectivity index (χ0v) is 9.78. The molecule has 1 aromatic carbocycles. The summed E-state index contributed by atoms with van der Waals surface area (Å²) in [7, 11) is 0. The molecule has 0 bridgehead atoms. The topological polar surface area (TPSA) is 62.2 Å². The Morgan fingerprint density at radius 2 is 2.11 bits per heavy atom. The van der Waals surface area contributed by atoms with E-state index in [2.05, 4.69) is 10.3 Å². The number of hydrogen-bond acceptors (Lipinski definition) is 3. The minimum absolute atomic E-state index is 0.0834. The van der Waals surface area contributed by atoms with Gasteiger partial charge in [-0.15, -0.1) is 0 Å². The van der Waals surface area contributed by atoms with Crippen LogP contribution in [0.15, 0.2) is 36.5 Å². The van der Waals surface area contributed by atoms with Gasteiger partial charge in [0.25, 0.3) is 0 Å². The molecule has 0 amide bonds. The molecule has 0 spiro atoms. The summed E-state index contributed by atoms with van der Waals surface area (Å²) >= 11 is 5.88. The molecule has 0 aliphatic carbocycles. The first-order valence-corrected chi connectivity index (χ1v) is 5.35. The Kier molecular flexibility index (Phi) is 3.43. The Labute approximate surface area is 107 Å². The van der Waals surface area contributed by atoms with Crippen molar-refractivity contribution in [2.75, 3.05) is 5.32 Å². The number of aromatic nitrogens is 1. The van der Waals surface area contributed by atoms with Gasteiger partial charge in [-0.1, -0.05) is 11.6 Å². The number of nitrogens with zero attached hydrogens (tertiary/aromatic N) is 1. The SMILES string of the molecule is O=C(O)c1ccnc(Nc2cc(F)ccc2Cl)c1. The third kappa shape index (κ3) is 2.75. The smallest absolute Gasteiger partial charge is 0.335 e. The highest BCUT2D eigenvalue weighted by Crippen LogP contribution is 2.25. The van der Waals surface area contributed by atoms with Gasteiger partial charge in [0.2, 0.25) is 0 Å². The Morgan fingerprint density at radius 3 is 2.83 bits per heavy atom. The monoisotopic (exact) mass is 266 g/mol. The first-order chi connectivity index (χ1) is 8.56. The quantitative estimate of drug-likeness (QED) is 0.895. The van der Waals surface area contributed by atoms with Gasteiger partial charge in [0.1, 0.15) is 11.6 Å². The number of benzene rings is 1. The Morgan fingerprint density at radius 1 is 1.33 bits per heavy atom. The molecule has 1 heterocycles. The second kappa shape index (κ2) is 5.01. The molecular weight excluding hydrogens is 259 g/mol. The maximum atomic E-state index is 13.0. The zero-order chi connectivity index (χ0) is 13.1. The standard InChI is InChI=1S/C12H8ClFN2O2/c13-9-2-1-8(14)6-10(9)16-11-5-7(12(17)18)3-4-15-11/h1-6H,(H,15,16)(H,17,18). The second-order valence-electron chi connectivity index (χ2n) is 3.48. The van der Waals surface area contributed by atoms with Crippen molar-refractivity contribution in [2.24, 2.45) is 0 Å². The number of carboxylic acid groups (broad SMARTS) is 1. The van der Waals surface area contributed by atoms with E-state index in [-0.39, 0.29) is 11.4 Å². The average Bonchev–Trinajstić information content (AvgIpc) is 2.34. The number of rotatable bonds is 3. The molecule has 0 unspecified atom stereocenters. The van der Waals surface area contributed by atoms with Gasteiger partial charge in [-0.25, -0.2) is 14.2 Å². The first kappa shape index (κ1) is 12.3. The van der Waals surface area contributed by atoms with Crippen LogP contribution in [0.2, 0.25) is 5.02 Å². The van der Waals surface area contributed by atoms with E-state index in [1.165, 1.54) is 36.5 Å². The molecule has 2 N–H and O–H groups in total. The summed E-state index contributed by atoms with van der Waals surface area (Å²) in [6.45, 7) is 0. The van der Waals surface area contributed by atoms with E-state index in [9.17, 15) is 9.18 Å². The van der Waals surface area contributed by atoms with E-state index < -0.39 is 11.8 Å². The second-order valence-corrected chi connectivity index (χ2v) is 3.89. The normalized spacial score (nSPS) is 10.1. The Bertz CT molecular complexity index is 604. The number of anilines is 2. The summed E-state index contributed by atoms with van der Waals surface area (Å²) in [6.07, 6.45) is 1.35. The van der Waals surface area contributed by atoms with Gasteiger partial charge in [-0.05, 0) is 30.3 Å². The van der Waals surface area contributed by atoms with Crippen molar-refractivity contribution >= 4 is 29.1 Å². The number of aromatic carboxylic acids is 1. The summed E-state index contributed by atoms with van der Waals surface area (Å²) in [5.74, 6) is -1.23. The van der Waals surface area contributed by atoms with Gasteiger partial charge in [-0.3, -0.25) is 0 Å². The summed E-state index contributed by atoms with van der Waals surface area (Å²) < 4.78 is 13.0. The molecule has 0 aliphatic heterocycles. The number of pyridine rings is 1. The van der Waals surface area contributed by atoms with E-state index in [1.54, 1.807) is 0 Å². The third-order valence-corrected chi connectivity index (χ3v) is 2.53. The molecule has 18 heavy (non-hydrogen) atoms. The lowest BCUT2D eigenvalue weighted by atomic mass is 10.2. The van der Waals surface area contributed by atoms with E-state index in [0.29, 0.717) is 10.7 Å². The molecule has 0 fully saturated rings. The van der Waals surface area contributed by atoms with Crippen molar-refractivity contribution in [1.82, 2.24) is 4.98 Å². The molecule has 0 atom stereocenters. The predicted molar refractivity (Wildman–Crippen MR) is 65.9 cm³/mol. The van der Waals surface area contributed by atoms with E-state index >= 15 is 0 Å². The molecule has 0 saturated heterocycles. The average molecular weight is 267 g/mol. The lowest BCUT2D eigenvalue weighted by molar-refractivity contribution is 0.0697. The van der Waals surface area contributed by atoms with E-state index in [0.717, 1.165) is 0 Å². The fraction of sp³-hybridized carbons (Fsp3) is 0. The Hall–Kier alpha value is -2.14. The van der Waals surface area contributed by atoms with Crippen molar-refractivity contribution in [3.8, 4) is 0 Å². The van der Waals surface area contributed by atoms with E-state index in [4.69, 9.17) is 16.7 Å². The lowest BCUT2D eigenvalue weighted by Crippen LogP contribution is -2.00. The van der Waals surface area contributed by atoms with Crippen molar-refractivity contribution in [3.05, 3.63) is 52.9 Å². The maximum Gasteiger partial charge on any atom is 0.335 e. The van der Waals surface area contributed by atoms with Crippen molar-refractivity contribution in [2.45, 2.75) is 0 Å². The molecule has 6 heteroatoms. The Balaban J connectivity index is 2.31. The molecule has 2 rings (SSSR count). The molecule has 2 aromatic rings. The molecule has 1 aromatic heterocycles. The highest BCUT2D eigenvalue weighted by atomic mass is 35.5. The maximum absolute atomic E-state index is 13.0. The van der Waals surface area contributed by atoms with Crippen molar-refractivity contribution < 1.29 is 14.3 Å². The fourth-order valence-corrected chi connectivity index (χ4v) is 1.53. The summed E-state index contributed by atoms with van der Waals surface area (Å²) in [6, 6.07) is 6.54. The zero-order valence-electron chi connectivity index (χ0n) is 9.02. The van der Waals surface area contributed by atoms with Gasteiger partial charge in [0.05, 0.1) is 16.3 Å². The van der Waals surface area contributed by atoms with Crippen LogP contribution in [0.25, 0.3) is 0 Å². The fourth-order valence-electron chi connectivity index (χ4n) is 1.36.